The lowest BCUT2D eigenvalue weighted by Gasteiger charge is -2.05. The van der Waals surface area contributed by atoms with E-state index in [1.54, 1.807) is 10.7 Å². The van der Waals surface area contributed by atoms with Crippen molar-refractivity contribution in [2.45, 2.75) is 19.8 Å². The van der Waals surface area contributed by atoms with E-state index in [-0.39, 0.29) is 0 Å². The van der Waals surface area contributed by atoms with Gasteiger partial charge in [0.15, 0.2) is 0 Å². The highest BCUT2D eigenvalue weighted by atomic mass is 15.3. The Morgan fingerprint density at radius 1 is 1.33 bits per heavy atom. The molecule has 2 heterocycles. The van der Waals surface area contributed by atoms with Gasteiger partial charge in [-0.25, -0.2) is 9.50 Å². The molecule has 62 valence electrons. The van der Waals surface area contributed by atoms with Crippen molar-refractivity contribution in [3.8, 4) is 0 Å². The lowest BCUT2D eigenvalue weighted by Crippen LogP contribution is -2.01. The molecule has 0 aromatic carbocycles. The van der Waals surface area contributed by atoms with Crippen molar-refractivity contribution in [1.29, 1.82) is 0 Å². The SMILES string of the molecule is CC(C)c1ccnc2ncnn12. The topological polar surface area (TPSA) is 43.1 Å². The Labute approximate surface area is 70.3 Å². The van der Waals surface area contributed by atoms with Gasteiger partial charge in [0, 0.05) is 6.20 Å². The van der Waals surface area contributed by atoms with Crippen molar-refractivity contribution in [2.24, 2.45) is 0 Å². The van der Waals surface area contributed by atoms with E-state index in [4.69, 9.17) is 0 Å². The molecular formula is C8H10N4. The lowest BCUT2D eigenvalue weighted by molar-refractivity contribution is 0.749. The summed E-state index contributed by atoms with van der Waals surface area (Å²) in [4.78, 5) is 8.08. The van der Waals surface area contributed by atoms with Crippen LogP contribution in [0.4, 0.5) is 0 Å². The van der Waals surface area contributed by atoms with E-state index in [9.17, 15) is 0 Å². The highest BCUT2D eigenvalue weighted by Crippen LogP contribution is 2.12. The molecule has 0 bridgehead atoms. The third kappa shape index (κ3) is 0.958. The van der Waals surface area contributed by atoms with Gasteiger partial charge in [0.25, 0.3) is 5.78 Å². The Balaban J connectivity index is 2.73. The Morgan fingerprint density at radius 3 is 2.92 bits per heavy atom. The minimum Gasteiger partial charge on any atom is -0.220 e. The molecule has 4 heteroatoms. The van der Waals surface area contributed by atoms with Crippen LogP contribution in [0.5, 0.6) is 0 Å². The van der Waals surface area contributed by atoms with Gasteiger partial charge >= 0.3 is 0 Å². The summed E-state index contributed by atoms with van der Waals surface area (Å²) in [5.74, 6) is 1.11. The fourth-order valence-electron chi connectivity index (χ4n) is 1.19. The number of rotatable bonds is 1. The molecule has 0 aliphatic heterocycles. The van der Waals surface area contributed by atoms with Crippen molar-refractivity contribution >= 4 is 5.78 Å². The van der Waals surface area contributed by atoms with Gasteiger partial charge in [-0.2, -0.15) is 10.1 Å². The summed E-state index contributed by atoms with van der Waals surface area (Å²) in [6.07, 6.45) is 3.29. The van der Waals surface area contributed by atoms with E-state index >= 15 is 0 Å². The van der Waals surface area contributed by atoms with Crippen LogP contribution < -0.4 is 0 Å². The number of nitrogens with zero attached hydrogens (tertiary/aromatic N) is 4. The molecule has 0 saturated carbocycles. The van der Waals surface area contributed by atoms with Crippen molar-refractivity contribution < 1.29 is 0 Å². The summed E-state index contributed by atoms with van der Waals surface area (Å²) < 4.78 is 1.77. The monoisotopic (exact) mass is 162 g/mol. The molecule has 0 N–H and O–H groups in total. The zero-order valence-corrected chi connectivity index (χ0v) is 7.10. The van der Waals surface area contributed by atoms with E-state index in [1.807, 2.05) is 6.07 Å². The van der Waals surface area contributed by atoms with Crippen molar-refractivity contribution in [3.63, 3.8) is 0 Å². The highest BCUT2D eigenvalue weighted by Gasteiger charge is 2.05. The summed E-state index contributed by atoms with van der Waals surface area (Å²) in [5, 5.41) is 4.08. The number of aromatic nitrogens is 4. The largest absolute Gasteiger partial charge is 0.252 e. The Kier molecular flexibility index (Phi) is 1.53. The molecule has 0 amide bonds. The zero-order chi connectivity index (χ0) is 8.55. The Bertz CT molecular complexity index is 391. The normalized spacial score (nSPS) is 11.2. The standard InChI is InChI=1S/C8H10N4/c1-6(2)7-3-4-9-8-10-5-11-12(7)8/h3-6H,1-2H3. The Morgan fingerprint density at radius 2 is 2.17 bits per heavy atom. The molecule has 0 aliphatic rings. The number of hydrogen-bond donors (Lipinski definition) is 0. The summed E-state index contributed by atoms with van der Waals surface area (Å²) in [7, 11) is 0. The molecule has 0 fully saturated rings. The summed E-state index contributed by atoms with van der Waals surface area (Å²) >= 11 is 0. The predicted octanol–water partition coefficient (Wildman–Crippen LogP) is 1.25. The molecule has 0 radical (unpaired) electrons. The van der Waals surface area contributed by atoms with Gasteiger partial charge in [-0.05, 0) is 12.0 Å². The first-order chi connectivity index (χ1) is 5.79. The molecule has 2 aromatic heterocycles. The van der Waals surface area contributed by atoms with Crippen LogP contribution in [0.15, 0.2) is 18.6 Å². The second-order valence-corrected chi connectivity index (χ2v) is 3.00. The average Bonchev–Trinajstić information content (AvgIpc) is 2.49. The molecule has 4 nitrogen and oxygen atoms in total. The lowest BCUT2D eigenvalue weighted by atomic mass is 10.1. The molecule has 0 unspecified atom stereocenters. The van der Waals surface area contributed by atoms with E-state index in [0.29, 0.717) is 11.7 Å². The van der Waals surface area contributed by atoms with E-state index in [0.717, 1.165) is 5.69 Å². The fourth-order valence-corrected chi connectivity index (χ4v) is 1.19. The molecule has 0 saturated heterocycles. The van der Waals surface area contributed by atoms with E-state index < -0.39 is 0 Å². The average molecular weight is 162 g/mol. The van der Waals surface area contributed by atoms with Crippen LogP contribution in [0.25, 0.3) is 5.78 Å². The molecule has 0 atom stereocenters. The zero-order valence-electron chi connectivity index (χ0n) is 7.10. The van der Waals surface area contributed by atoms with Gasteiger partial charge < -0.3 is 0 Å². The fraction of sp³-hybridized carbons (Fsp3) is 0.375. The van der Waals surface area contributed by atoms with Crippen LogP contribution in [0.2, 0.25) is 0 Å². The molecule has 2 aromatic rings. The minimum absolute atomic E-state index is 0.442. The molecule has 0 spiro atoms. The number of fused-ring (bicyclic) bond motifs is 1. The van der Waals surface area contributed by atoms with Crippen LogP contribution in [0.1, 0.15) is 25.5 Å². The van der Waals surface area contributed by atoms with Crippen LogP contribution in [-0.4, -0.2) is 19.6 Å². The van der Waals surface area contributed by atoms with Gasteiger partial charge in [-0.15, -0.1) is 0 Å². The maximum absolute atomic E-state index is 4.08. The summed E-state index contributed by atoms with van der Waals surface area (Å²) in [6, 6.07) is 1.96. The molecular weight excluding hydrogens is 152 g/mol. The van der Waals surface area contributed by atoms with Gasteiger partial charge in [-0.1, -0.05) is 13.8 Å². The third-order valence-electron chi connectivity index (χ3n) is 1.80. The van der Waals surface area contributed by atoms with Gasteiger partial charge in [0.1, 0.15) is 6.33 Å². The first-order valence-electron chi connectivity index (χ1n) is 3.93. The van der Waals surface area contributed by atoms with Gasteiger partial charge in [0.05, 0.1) is 5.69 Å². The summed E-state index contributed by atoms with van der Waals surface area (Å²) in [6.45, 7) is 4.24. The van der Waals surface area contributed by atoms with E-state index in [2.05, 4.69) is 28.9 Å². The predicted molar refractivity (Wildman–Crippen MR) is 44.9 cm³/mol. The van der Waals surface area contributed by atoms with Gasteiger partial charge in [0.2, 0.25) is 0 Å². The quantitative estimate of drug-likeness (QED) is 0.633. The number of hydrogen-bond acceptors (Lipinski definition) is 3. The van der Waals surface area contributed by atoms with Crippen molar-refractivity contribution in [3.05, 3.63) is 24.3 Å². The van der Waals surface area contributed by atoms with Crippen LogP contribution in [-0.2, 0) is 0 Å². The highest BCUT2D eigenvalue weighted by molar-refractivity contribution is 5.27. The van der Waals surface area contributed by atoms with Crippen molar-refractivity contribution in [1.82, 2.24) is 19.6 Å². The second kappa shape index (κ2) is 2.55. The second-order valence-electron chi connectivity index (χ2n) is 3.00. The van der Waals surface area contributed by atoms with Crippen LogP contribution >= 0.6 is 0 Å². The maximum Gasteiger partial charge on any atom is 0.252 e. The van der Waals surface area contributed by atoms with E-state index in [1.165, 1.54) is 6.33 Å². The van der Waals surface area contributed by atoms with Crippen molar-refractivity contribution in [2.75, 3.05) is 0 Å². The molecule has 12 heavy (non-hydrogen) atoms. The summed E-state index contributed by atoms with van der Waals surface area (Å²) in [5.41, 5.74) is 1.14. The first kappa shape index (κ1) is 7.21. The smallest absolute Gasteiger partial charge is 0.220 e. The molecule has 0 aliphatic carbocycles. The third-order valence-corrected chi connectivity index (χ3v) is 1.80. The minimum atomic E-state index is 0.442. The first-order valence-corrected chi connectivity index (χ1v) is 3.93. The maximum atomic E-state index is 4.08. The van der Waals surface area contributed by atoms with Crippen LogP contribution in [0.3, 0.4) is 0 Å². The van der Waals surface area contributed by atoms with Gasteiger partial charge in [-0.3, -0.25) is 0 Å². The van der Waals surface area contributed by atoms with Crippen LogP contribution in [0, 0.1) is 0 Å². The Hall–Kier alpha value is -1.45. The molecule has 2 rings (SSSR count).